The zero-order valence-electron chi connectivity index (χ0n) is 14.5. The van der Waals surface area contributed by atoms with Gasteiger partial charge in [-0.05, 0) is 43.5 Å². The second-order valence-electron chi connectivity index (χ2n) is 5.92. The number of amides is 1. The first-order valence-electron chi connectivity index (χ1n) is 8.39. The minimum atomic E-state index is -0.124. The third-order valence-electron chi connectivity index (χ3n) is 4.26. The maximum absolute atomic E-state index is 12.3. The smallest absolute Gasteiger partial charge is 0.270 e. The summed E-state index contributed by atoms with van der Waals surface area (Å²) in [4.78, 5) is 16.7. The lowest BCUT2D eigenvalue weighted by atomic mass is 10.1. The van der Waals surface area contributed by atoms with Gasteiger partial charge in [-0.2, -0.15) is 0 Å². The van der Waals surface area contributed by atoms with E-state index in [2.05, 4.69) is 15.6 Å². The Morgan fingerprint density at radius 2 is 2.20 bits per heavy atom. The summed E-state index contributed by atoms with van der Waals surface area (Å²) in [6, 6.07) is 6.08. The summed E-state index contributed by atoms with van der Waals surface area (Å²) >= 11 is 1.55. The standard InChI is InChI=1S/C18H23N3O3S/c1-23-15-6-5-12(10-16(15)24-2)7-9-20-17(22)14-11-25-18(21-14)13-4-3-8-19-13/h5-6,10-11,13,19H,3-4,7-9H2,1-2H3,(H,20,22). The molecule has 134 valence electrons. The molecule has 0 aliphatic carbocycles. The van der Waals surface area contributed by atoms with Gasteiger partial charge < -0.3 is 20.1 Å². The van der Waals surface area contributed by atoms with Crippen LogP contribution in [-0.2, 0) is 6.42 Å². The number of nitrogens with one attached hydrogen (secondary N) is 2. The van der Waals surface area contributed by atoms with Gasteiger partial charge in [0.2, 0.25) is 0 Å². The largest absolute Gasteiger partial charge is 0.493 e. The quantitative estimate of drug-likeness (QED) is 0.793. The summed E-state index contributed by atoms with van der Waals surface area (Å²) < 4.78 is 10.5. The Bertz CT molecular complexity index is 726. The van der Waals surface area contributed by atoms with Crippen LogP contribution < -0.4 is 20.1 Å². The minimum absolute atomic E-state index is 0.124. The molecule has 1 atom stereocenters. The first-order chi connectivity index (χ1) is 12.2. The molecule has 1 amide bonds. The monoisotopic (exact) mass is 361 g/mol. The van der Waals surface area contributed by atoms with Crippen molar-refractivity contribution in [1.82, 2.24) is 15.6 Å². The molecule has 1 aromatic carbocycles. The molecule has 6 nitrogen and oxygen atoms in total. The Morgan fingerprint density at radius 3 is 2.92 bits per heavy atom. The number of thiazole rings is 1. The summed E-state index contributed by atoms with van der Waals surface area (Å²) in [6.45, 7) is 1.57. The maximum Gasteiger partial charge on any atom is 0.270 e. The highest BCUT2D eigenvalue weighted by Crippen LogP contribution is 2.28. The summed E-state index contributed by atoms with van der Waals surface area (Å²) in [6.07, 6.45) is 2.97. The van der Waals surface area contributed by atoms with Gasteiger partial charge in [0.1, 0.15) is 10.7 Å². The van der Waals surface area contributed by atoms with Crippen LogP contribution in [0.15, 0.2) is 23.6 Å². The van der Waals surface area contributed by atoms with Crippen LogP contribution >= 0.6 is 11.3 Å². The fraction of sp³-hybridized carbons (Fsp3) is 0.444. The van der Waals surface area contributed by atoms with Crippen molar-refractivity contribution in [3.05, 3.63) is 39.8 Å². The molecular weight excluding hydrogens is 338 g/mol. The first-order valence-corrected chi connectivity index (χ1v) is 9.27. The van der Waals surface area contributed by atoms with E-state index in [1.165, 1.54) is 0 Å². The van der Waals surface area contributed by atoms with Crippen LogP contribution in [0.4, 0.5) is 0 Å². The Balaban J connectivity index is 1.52. The predicted molar refractivity (Wildman–Crippen MR) is 97.7 cm³/mol. The summed E-state index contributed by atoms with van der Waals surface area (Å²) in [5.41, 5.74) is 1.58. The third-order valence-corrected chi connectivity index (χ3v) is 5.22. The fourth-order valence-electron chi connectivity index (χ4n) is 2.89. The summed E-state index contributed by atoms with van der Waals surface area (Å²) in [5, 5.41) is 9.17. The van der Waals surface area contributed by atoms with Gasteiger partial charge in [-0.1, -0.05) is 6.07 Å². The van der Waals surface area contributed by atoms with Gasteiger partial charge in [-0.3, -0.25) is 4.79 Å². The van der Waals surface area contributed by atoms with Gasteiger partial charge in [-0.15, -0.1) is 11.3 Å². The SMILES string of the molecule is COc1ccc(CCNC(=O)c2csc(C3CCCN3)n2)cc1OC. The summed E-state index contributed by atoms with van der Waals surface area (Å²) in [7, 11) is 3.23. The van der Waals surface area contributed by atoms with Crippen LogP contribution in [0.25, 0.3) is 0 Å². The average molecular weight is 361 g/mol. The molecule has 1 aliphatic rings. The van der Waals surface area contributed by atoms with E-state index in [9.17, 15) is 4.79 Å². The molecule has 2 heterocycles. The average Bonchev–Trinajstić information content (AvgIpc) is 3.32. The van der Waals surface area contributed by atoms with Gasteiger partial charge in [0.05, 0.1) is 20.3 Å². The number of carbonyl (C=O) groups is 1. The van der Waals surface area contributed by atoms with Crippen molar-refractivity contribution in [2.24, 2.45) is 0 Å². The maximum atomic E-state index is 12.3. The molecule has 2 aromatic rings. The van der Waals surface area contributed by atoms with Crippen molar-refractivity contribution in [3.63, 3.8) is 0 Å². The number of hydrogen-bond donors (Lipinski definition) is 2. The molecule has 1 aromatic heterocycles. The van der Waals surface area contributed by atoms with E-state index in [4.69, 9.17) is 9.47 Å². The molecule has 1 aliphatic heterocycles. The molecule has 7 heteroatoms. The molecule has 1 saturated heterocycles. The van der Waals surface area contributed by atoms with E-state index in [-0.39, 0.29) is 5.91 Å². The lowest BCUT2D eigenvalue weighted by Gasteiger charge is -2.10. The van der Waals surface area contributed by atoms with Gasteiger partial charge in [0.15, 0.2) is 11.5 Å². The first kappa shape index (κ1) is 17.7. The van der Waals surface area contributed by atoms with Crippen molar-refractivity contribution < 1.29 is 14.3 Å². The van der Waals surface area contributed by atoms with E-state index in [1.807, 2.05) is 23.6 Å². The van der Waals surface area contributed by atoms with Gasteiger partial charge in [0, 0.05) is 11.9 Å². The molecule has 0 radical (unpaired) electrons. The van der Waals surface area contributed by atoms with Crippen molar-refractivity contribution in [3.8, 4) is 11.5 Å². The number of aromatic nitrogens is 1. The number of carbonyl (C=O) groups excluding carboxylic acids is 1. The number of methoxy groups -OCH3 is 2. The van der Waals surface area contributed by atoms with Gasteiger partial charge in [0.25, 0.3) is 5.91 Å². The van der Waals surface area contributed by atoms with E-state index >= 15 is 0 Å². The highest BCUT2D eigenvalue weighted by atomic mass is 32.1. The highest BCUT2D eigenvalue weighted by Gasteiger charge is 2.20. The zero-order chi connectivity index (χ0) is 17.6. The van der Waals surface area contributed by atoms with Crippen molar-refractivity contribution in [2.45, 2.75) is 25.3 Å². The molecule has 2 N–H and O–H groups in total. The Morgan fingerprint density at radius 1 is 1.36 bits per heavy atom. The van der Waals surface area contributed by atoms with Crippen LogP contribution in [0.3, 0.4) is 0 Å². The molecule has 0 spiro atoms. The summed E-state index contributed by atoms with van der Waals surface area (Å²) in [5.74, 6) is 1.27. The number of ether oxygens (including phenoxy) is 2. The second kappa shape index (κ2) is 8.31. The van der Waals surface area contributed by atoms with Crippen LogP contribution in [0.5, 0.6) is 11.5 Å². The normalized spacial score (nSPS) is 16.6. The minimum Gasteiger partial charge on any atom is -0.493 e. The van der Waals surface area contributed by atoms with Crippen molar-refractivity contribution in [1.29, 1.82) is 0 Å². The molecule has 25 heavy (non-hydrogen) atoms. The molecule has 0 bridgehead atoms. The van der Waals surface area contributed by atoms with Gasteiger partial charge in [-0.25, -0.2) is 4.98 Å². The van der Waals surface area contributed by atoms with E-state index in [1.54, 1.807) is 25.6 Å². The fourth-order valence-corrected chi connectivity index (χ4v) is 3.80. The van der Waals surface area contributed by atoms with Crippen LogP contribution in [0.2, 0.25) is 0 Å². The molecule has 1 fully saturated rings. The number of nitrogens with zero attached hydrogens (tertiary/aromatic N) is 1. The van der Waals surface area contributed by atoms with E-state index in [0.29, 0.717) is 36.2 Å². The zero-order valence-corrected chi connectivity index (χ0v) is 15.3. The third kappa shape index (κ3) is 4.29. The molecular formula is C18H23N3O3S. The lowest BCUT2D eigenvalue weighted by Crippen LogP contribution is -2.26. The Labute approximate surface area is 151 Å². The van der Waals surface area contributed by atoms with Crippen molar-refractivity contribution >= 4 is 17.2 Å². The van der Waals surface area contributed by atoms with Gasteiger partial charge >= 0.3 is 0 Å². The molecule has 0 saturated carbocycles. The number of rotatable bonds is 7. The number of hydrogen-bond acceptors (Lipinski definition) is 6. The highest BCUT2D eigenvalue weighted by molar-refractivity contribution is 7.09. The van der Waals surface area contributed by atoms with Crippen LogP contribution in [-0.4, -0.2) is 38.2 Å². The lowest BCUT2D eigenvalue weighted by molar-refractivity contribution is 0.0949. The predicted octanol–water partition coefficient (Wildman–Crippen LogP) is 2.56. The number of benzene rings is 1. The Kier molecular flexibility index (Phi) is 5.88. The molecule has 1 unspecified atom stereocenters. The van der Waals surface area contributed by atoms with Crippen LogP contribution in [0.1, 0.15) is 39.9 Å². The Hall–Kier alpha value is -2.12. The topological polar surface area (TPSA) is 72.5 Å². The van der Waals surface area contributed by atoms with Crippen LogP contribution in [0, 0.1) is 0 Å². The second-order valence-corrected chi connectivity index (χ2v) is 6.80. The van der Waals surface area contributed by atoms with E-state index < -0.39 is 0 Å². The van der Waals surface area contributed by atoms with Crippen molar-refractivity contribution in [2.75, 3.05) is 27.3 Å². The molecule has 3 rings (SSSR count). The van der Waals surface area contributed by atoms with E-state index in [0.717, 1.165) is 30.0 Å².